The predicted octanol–water partition coefficient (Wildman–Crippen LogP) is 5.65. The summed E-state index contributed by atoms with van der Waals surface area (Å²) >= 11 is 6.09. The second-order valence-electron chi connectivity index (χ2n) is 8.25. The fourth-order valence-corrected chi connectivity index (χ4v) is 7.00. The SMILES string of the molecule is COCO[C@@]1(Cc2nccc3oc(CCC4CC4)cc23)C(=O)N(COC)[C@H]1COSP(I)I. The van der Waals surface area contributed by atoms with Gasteiger partial charge < -0.3 is 27.7 Å². The Morgan fingerprint density at radius 2 is 2.15 bits per heavy atom. The van der Waals surface area contributed by atoms with E-state index in [4.69, 9.17) is 22.8 Å². The molecule has 0 radical (unpaired) electrons. The normalized spacial score (nSPS) is 23.0. The van der Waals surface area contributed by atoms with Crippen molar-refractivity contribution in [2.45, 2.75) is 43.7 Å². The largest absolute Gasteiger partial charge is 0.461 e. The topological polar surface area (TPSA) is 83.3 Å². The highest BCUT2D eigenvalue weighted by Crippen LogP contribution is 2.65. The number of hydrogen-bond acceptors (Lipinski definition) is 8. The fraction of sp³-hybridized carbons (Fsp3) is 0.619. The lowest BCUT2D eigenvalue weighted by Crippen LogP contribution is -2.77. The number of pyridine rings is 1. The molecule has 0 aromatic carbocycles. The van der Waals surface area contributed by atoms with E-state index in [1.54, 1.807) is 25.3 Å². The minimum Gasteiger partial charge on any atom is -0.461 e. The van der Waals surface area contributed by atoms with Gasteiger partial charge in [-0.25, -0.2) is 0 Å². The summed E-state index contributed by atoms with van der Waals surface area (Å²) in [7, 11) is 3.12. The van der Waals surface area contributed by atoms with Crippen LogP contribution in [0.1, 0.15) is 30.7 Å². The molecule has 1 aliphatic heterocycles. The maximum atomic E-state index is 13.4. The lowest BCUT2D eigenvalue weighted by Gasteiger charge is -2.54. The third kappa shape index (κ3) is 6.15. The van der Waals surface area contributed by atoms with E-state index in [0.717, 1.165) is 41.2 Å². The molecule has 3 heterocycles. The van der Waals surface area contributed by atoms with Crippen LogP contribution >= 0.6 is 58.2 Å². The van der Waals surface area contributed by atoms with Crippen LogP contribution in [0.25, 0.3) is 11.0 Å². The minimum absolute atomic E-state index is 0.00448. The van der Waals surface area contributed by atoms with Crippen molar-refractivity contribution in [1.82, 2.24) is 9.88 Å². The van der Waals surface area contributed by atoms with Crippen molar-refractivity contribution in [3.63, 3.8) is 0 Å². The molecule has 33 heavy (non-hydrogen) atoms. The third-order valence-corrected chi connectivity index (χ3v) is 9.98. The zero-order chi connectivity index (χ0) is 23.4. The first-order chi connectivity index (χ1) is 16.0. The number of β-lactam (4-membered cyclic amide) rings is 1. The molecule has 8 nitrogen and oxygen atoms in total. The molecule has 0 unspecified atom stereocenters. The number of aromatic nitrogens is 1. The lowest BCUT2D eigenvalue weighted by atomic mass is 9.78. The van der Waals surface area contributed by atoms with Crippen molar-refractivity contribution in [3.8, 4) is 0 Å². The van der Waals surface area contributed by atoms with Gasteiger partial charge in [-0.15, -0.1) is 0 Å². The zero-order valence-electron chi connectivity index (χ0n) is 18.5. The molecule has 2 atom stereocenters. The molecular weight excluding hydrogens is 693 g/mol. The van der Waals surface area contributed by atoms with Crippen molar-refractivity contribution in [2.24, 2.45) is 5.92 Å². The number of methoxy groups -OCH3 is 2. The maximum absolute atomic E-state index is 13.4. The van der Waals surface area contributed by atoms with E-state index < -0.39 is 5.60 Å². The first-order valence-corrected chi connectivity index (χ1v) is 18.9. The number of carbonyl (C=O) groups excluding carboxylic acids is 1. The van der Waals surface area contributed by atoms with Gasteiger partial charge in [-0.05, 0) is 68.6 Å². The zero-order valence-corrected chi connectivity index (χ0v) is 24.5. The molecule has 1 amide bonds. The van der Waals surface area contributed by atoms with Gasteiger partial charge in [0.1, 0.15) is 27.3 Å². The Kier molecular flexibility index (Phi) is 9.55. The molecule has 2 fully saturated rings. The van der Waals surface area contributed by atoms with E-state index in [1.165, 1.54) is 24.5 Å². The van der Waals surface area contributed by atoms with Gasteiger partial charge in [0, 0.05) is 50.3 Å². The van der Waals surface area contributed by atoms with Crippen LogP contribution in [0.2, 0.25) is 0 Å². The van der Waals surface area contributed by atoms with Crippen molar-refractivity contribution < 1.29 is 27.6 Å². The molecule has 2 aromatic heterocycles. The van der Waals surface area contributed by atoms with E-state index in [2.05, 4.69) is 55.1 Å². The second kappa shape index (κ2) is 12.0. The van der Waals surface area contributed by atoms with Gasteiger partial charge in [-0.2, -0.15) is 0 Å². The number of ether oxygens (including phenoxy) is 3. The fourth-order valence-electron chi connectivity index (χ4n) is 4.26. The third-order valence-electron chi connectivity index (χ3n) is 6.08. The summed E-state index contributed by atoms with van der Waals surface area (Å²) in [5.74, 6) is 1.65. The van der Waals surface area contributed by atoms with Crippen molar-refractivity contribution in [1.29, 1.82) is 0 Å². The summed E-state index contributed by atoms with van der Waals surface area (Å²) in [6.45, 7) is 0.491. The van der Waals surface area contributed by atoms with Crippen LogP contribution in [0.3, 0.4) is 0 Å². The van der Waals surface area contributed by atoms with Crippen LogP contribution in [0.5, 0.6) is 0 Å². The molecule has 1 saturated carbocycles. The number of fused-ring (bicyclic) bond motifs is 1. The smallest absolute Gasteiger partial charge is 0.259 e. The number of likely N-dealkylation sites (tertiary alicyclic amines) is 1. The summed E-state index contributed by atoms with van der Waals surface area (Å²) in [5.41, 5.74) is 0.427. The highest BCUT2D eigenvalue weighted by Gasteiger charge is 2.62. The quantitative estimate of drug-likeness (QED) is 0.0816. The average molecular weight is 720 g/mol. The maximum Gasteiger partial charge on any atom is 0.259 e. The van der Waals surface area contributed by atoms with Gasteiger partial charge in [0.25, 0.3) is 5.91 Å². The molecule has 0 bridgehead atoms. The van der Waals surface area contributed by atoms with Crippen molar-refractivity contribution in [3.05, 3.63) is 29.8 Å². The standard InChI is InChI=1S/C21H27I2N2O6PS/c1-27-12-25-19(11-30-33-32(22)23)21(20(25)26,29-13-28-2)10-17-16-9-15(6-5-14-3-4-14)31-18(16)7-8-24-17/h7-9,14,19H,3-6,10-13H2,1-2H3/t19-,21+/m0/s1. The summed E-state index contributed by atoms with van der Waals surface area (Å²) in [4.78, 5) is 19.6. The number of rotatable bonds is 14. The molecule has 1 aliphatic carbocycles. The van der Waals surface area contributed by atoms with Crippen molar-refractivity contribution >= 4 is 75.0 Å². The molecule has 4 rings (SSSR count). The van der Waals surface area contributed by atoms with Crippen LogP contribution in [0.4, 0.5) is 0 Å². The van der Waals surface area contributed by atoms with Crippen LogP contribution in [0.15, 0.2) is 22.7 Å². The van der Waals surface area contributed by atoms with E-state index in [-0.39, 0.29) is 27.9 Å². The highest BCUT2D eigenvalue weighted by molar-refractivity contribution is 14.3. The van der Waals surface area contributed by atoms with E-state index in [1.807, 2.05) is 6.07 Å². The van der Waals surface area contributed by atoms with Crippen LogP contribution < -0.4 is 0 Å². The van der Waals surface area contributed by atoms with Gasteiger partial charge in [-0.1, -0.05) is 12.8 Å². The molecule has 1 saturated heterocycles. The molecule has 2 aliphatic rings. The summed E-state index contributed by atoms with van der Waals surface area (Å²) in [6.07, 6.45) is 6.76. The van der Waals surface area contributed by atoms with Gasteiger partial charge in [0.2, 0.25) is 0 Å². The summed E-state index contributed by atoms with van der Waals surface area (Å²) in [6, 6.07) is 3.62. The Morgan fingerprint density at radius 1 is 1.33 bits per heavy atom. The predicted molar refractivity (Wildman–Crippen MR) is 145 cm³/mol. The van der Waals surface area contributed by atoms with Gasteiger partial charge in [-0.3, -0.25) is 9.78 Å². The van der Waals surface area contributed by atoms with Gasteiger partial charge in [0.15, 0.2) is 5.60 Å². The monoisotopic (exact) mass is 720 g/mol. The molecule has 0 spiro atoms. The molecular formula is C21H27I2N2O6PS. The lowest BCUT2D eigenvalue weighted by molar-refractivity contribution is -0.236. The molecule has 0 N–H and O–H groups in total. The number of hydrogen-bond donors (Lipinski definition) is 0. The summed E-state index contributed by atoms with van der Waals surface area (Å²) in [5, 5.41) is 0.929. The molecule has 2 aromatic rings. The number of furan rings is 1. The Hall–Kier alpha value is 0.240. The highest BCUT2D eigenvalue weighted by atomic mass is 127. The van der Waals surface area contributed by atoms with Crippen LogP contribution in [-0.2, 0) is 36.0 Å². The summed E-state index contributed by atoms with van der Waals surface area (Å²) < 4.78 is 28.2. The average Bonchev–Trinajstić information content (AvgIpc) is 3.54. The Bertz CT molecular complexity index is 962. The van der Waals surface area contributed by atoms with E-state index in [9.17, 15) is 4.79 Å². The Morgan fingerprint density at radius 3 is 2.85 bits per heavy atom. The number of nitrogens with zero attached hydrogens (tertiary/aromatic N) is 2. The van der Waals surface area contributed by atoms with E-state index in [0.29, 0.717) is 13.0 Å². The number of aryl methyl sites for hydroxylation is 1. The number of halogens is 2. The Balaban J connectivity index is 1.60. The van der Waals surface area contributed by atoms with E-state index >= 15 is 0 Å². The first-order valence-electron chi connectivity index (χ1n) is 10.7. The van der Waals surface area contributed by atoms with Crippen LogP contribution in [-0.4, -0.2) is 61.8 Å². The Labute approximate surface area is 224 Å². The second-order valence-corrected chi connectivity index (χ2v) is 25.8. The molecule has 12 heteroatoms. The molecule has 182 valence electrons. The number of amides is 1. The van der Waals surface area contributed by atoms with Crippen LogP contribution in [0, 0.1) is 5.92 Å². The number of carbonyl (C=O) groups is 1. The minimum atomic E-state index is -1.14. The van der Waals surface area contributed by atoms with Gasteiger partial charge >= 0.3 is 0 Å². The van der Waals surface area contributed by atoms with Crippen molar-refractivity contribution in [2.75, 3.05) is 34.4 Å². The van der Waals surface area contributed by atoms with Gasteiger partial charge in [0.05, 0.1) is 18.3 Å². The first kappa shape index (κ1) is 26.3.